The molecule has 0 radical (unpaired) electrons. The maximum atomic E-state index is 13.3. The molecule has 0 amide bonds. The van der Waals surface area contributed by atoms with Crippen LogP contribution in [0.5, 0.6) is 5.75 Å². The molecule has 0 fully saturated rings. The lowest BCUT2D eigenvalue weighted by Crippen LogP contribution is -2.08. The van der Waals surface area contributed by atoms with Crippen LogP contribution in [0.3, 0.4) is 0 Å². The monoisotopic (exact) mass is 290 g/mol. The molecule has 1 atom stereocenters. The largest absolute Gasteiger partial charge is 0.497 e. The molecule has 1 N–H and O–H groups in total. The summed E-state index contributed by atoms with van der Waals surface area (Å²) in [6.45, 7) is 0. The first kappa shape index (κ1) is 14.2. The number of benzene rings is 2. The van der Waals surface area contributed by atoms with Crippen molar-refractivity contribution in [2.24, 2.45) is 0 Å². The lowest BCUT2D eigenvalue weighted by atomic mass is 10.1. The minimum Gasteiger partial charge on any atom is -0.497 e. The van der Waals surface area contributed by atoms with Gasteiger partial charge in [0.25, 0.3) is 0 Å². The van der Waals surface area contributed by atoms with Crippen molar-refractivity contribution in [1.29, 1.82) is 5.26 Å². The van der Waals surface area contributed by atoms with E-state index in [0.717, 1.165) is 11.4 Å². The van der Waals surface area contributed by atoms with E-state index >= 15 is 0 Å². The van der Waals surface area contributed by atoms with Crippen LogP contribution in [0.4, 0.5) is 10.1 Å². The molecule has 0 saturated heterocycles. The summed E-state index contributed by atoms with van der Waals surface area (Å²) >= 11 is 5.80. The molecule has 102 valence electrons. The third-order valence-corrected chi connectivity index (χ3v) is 2.97. The Morgan fingerprint density at radius 2 is 1.95 bits per heavy atom. The molecule has 1 unspecified atom stereocenters. The van der Waals surface area contributed by atoms with Crippen molar-refractivity contribution in [2.45, 2.75) is 6.04 Å². The number of rotatable bonds is 4. The van der Waals surface area contributed by atoms with Crippen molar-refractivity contribution >= 4 is 17.3 Å². The standard InChI is InChI=1S/C15H12ClFN2O/c1-20-14-4-2-13(3-5-14)19-15(9-18)10-6-11(16)8-12(17)7-10/h2-8,15,19H,1H3. The van der Waals surface area contributed by atoms with E-state index < -0.39 is 11.9 Å². The third kappa shape index (κ3) is 3.40. The molecule has 0 aliphatic heterocycles. The molecule has 2 aromatic carbocycles. The quantitative estimate of drug-likeness (QED) is 0.919. The molecule has 20 heavy (non-hydrogen) atoms. The van der Waals surface area contributed by atoms with Crippen LogP contribution in [-0.2, 0) is 0 Å². The van der Waals surface area contributed by atoms with E-state index in [4.69, 9.17) is 16.3 Å². The number of hydrogen-bond donors (Lipinski definition) is 1. The van der Waals surface area contributed by atoms with E-state index in [-0.39, 0.29) is 5.02 Å². The van der Waals surface area contributed by atoms with Gasteiger partial charge in [-0.1, -0.05) is 11.6 Å². The molecule has 0 aliphatic rings. The summed E-state index contributed by atoms with van der Waals surface area (Å²) in [4.78, 5) is 0. The summed E-state index contributed by atoms with van der Waals surface area (Å²) in [7, 11) is 1.58. The highest BCUT2D eigenvalue weighted by atomic mass is 35.5. The highest BCUT2D eigenvalue weighted by Gasteiger charge is 2.12. The predicted molar refractivity (Wildman–Crippen MR) is 76.4 cm³/mol. The van der Waals surface area contributed by atoms with Crippen LogP contribution < -0.4 is 10.1 Å². The molecule has 0 aliphatic carbocycles. The number of anilines is 1. The average Bonchev–Trinajstić information content (AvgIpc) is 2.44. The number of methoxy groups -OCH3 is 1. The van der Waals surface area contributed by atoms with Crippen molar-refractivity contribution in [1.82, 2.24) is 0 Å². The summed E-state index contributed by atoms with van der Waals surface area (Å²) in [6, 6.07) is 12.6. The number of halogens is 2. The number of hydrogen-bond acceptors (Lipinski definition) is 3. The second kappa shape index (κ2) is 6.27. The average molecular weight is 291 g/mol. The summed E-state index contributed by atoms with van der Waals surface area (Å²) in [6.07, 6.45) is 0. The second-order valence-electron chi connectivity index (χ2n) is 4.14. The van der Waals surface area contributed by atoms with Gasteiger partial charge in [-0.05, 0) is 48.0 Å². The van der Waals surface area contributed by atoms with Crippen LogP contribution in [-0.4, -0.2) is 7.11 Å². The Kier molecular flexibility index (Phi) is 4.44. The lowest BCUT2D eigenvalue weighted by Gasteiger charge is -2.14. The van der Waals surface area contributed by atoms with Gasteiger partial charge in [-0.3, -0.25) is 0 Å². The van der Waals surface area contributed by atoms with E-state index in [1.807, 2.05) is 0 Å². The smallest absolute Gasteiger partial charge is 0.140 e. The van der Waals surface area contributed by atoms with Gasteiger partial charge in [-0.2, -0.15) is 5.26 Å². The third-order valence-electron chi connectivity index (χ3n) is 2.75. The fourth-order valence-electron chi connectivity index (χ4n) is 1.79. The molecule has 0 saturated carbocycles. The molecule has 3 nitrogen and oxygen atoms in total. The predicted octanol–water partition coefficient (Wildman–Crippen LogP) is 4.16. The molecule has 2 rings (SSSR count). The zero-order chi connectivity index (χ0) is 14.5. The van der Waals surface area contributed by atoms with Crippen LogP contribution in [0.2, 0.25) is 5.02 Å². The normalized spacial score (nSPS) is 11.5. The first-order valence-electron chi connectivity index (χ1n) is 5.88. The SMILES string of the molecule is COc1ccc(NC(C#N)c2cc(F)cc(Cl)c2)cc1. The van der Waals surface area contributed by atoms with Crippen molar-refractivity contribution in [2.75, 3.05) is 12.4 Å². The van der Waals surface area contributed by atoms with Crippen molar-refractivity contribution in [3.05, 3.63) is 58.9 Å². The van der Waals surface area contributed by atoms with Gasteiger partial charge in [0.1, 0.15) is 17.6 Å². The number of ether oxygens (including phenoxy) is 1. The molecular formula is C15H12ClFN2O. The van der Waals surface area contributed by atoms with Crippen molar-refractivity contribution < 1.29 is 9.13 Å². The molecule has 0 heterocycles. The van der Waals surface area contributed by atoms with E-state index in [1.165, 1.54) is 12.1 Å². The van der Waals surface area contributed by atoms with Gasteiger partial charge >= 0.3 is 0 Å². The molecule has 0 aromatic heterocycles. The Morgan fingerprint density at radius 3 is 2.50 bits per heavy atom. The van der Waals surface area contributed by atoms with Crippen LogP contribution >= 0.6 is 11.6 Å². The van der Waals surface area contributed by atoms with Gasteiger partial charge in [0.2, 0.25) is 0 Å². The Balaban J connectivity index is 2.22. The maximum Gasteiger partial charge on any atom is 0.140 e. The first-order valence-corrected chi connectivity index (χ1v) is 6.26. The van der Waals surface area contributed by atoms with Crippen LogP contribution in [0, 0.1) is 17.1 Å². The number of nitrogens with one attached hydrogen (secondary N) is 1. The fourth-order valence-corrected chi connectivity index (χ4v) is 2.02. The highest BCUT2D eigenvalue weighted by molar-refractivity contribution is 6.30. The topological polar surface area (TPSA) is 45.0 Å². The van der Waals surface area contributed by atoms with Gasteiger partial charge < -0.3 is 10.1 Å². The fraction of sp³-hybridized carbons (Fsp3) is 0.133. The Labute approximate surface area is 121 Å². The van der Waals surface area contributed by atoms with Gasteiger partial charge in [-0.15, -0.1) is 0 Å². The van der Waals surface area contributed by atoms with Crippen LogP contribution in [0.25, 0.3) is 0 Å². The van der Waals surface area contributed by atoms with Crippen molar-refractivity contribution in [3.63, 3.8) is 0 Å². The van der Waals surface area contributed by atoms with Gasteiger partial charge in [-0.25, -0.2) is 4.39 Å². The van der Waals surface area contributed by atoms with E-state index in [2.05, 4.69) is 11.4 Å². The van der Waals surface area contributed by atoms with Crippen LogP contribution in [0.1, 0.15) is 11.6 Å². The minimum atomic E-state index is -0.684. The van der Waals surface area contributed by atoms with Gasteiger partial charge in [0.05, 0.1) is 13.2 Å². The minimum absolute atomic E-state index is 0.261. The van der Waals surface area contributed by atoms with Crippen molar-refractivity contribution in [3.8, 4) is 11.8 Å². The number of nitriles is 1. The zero-order valence-electron chi connectivity index (χ0n) is 10.7. The second-order valence-corrected chi connectivity index (χ2v) is 4.57. The van der Waals surface area contributed by atoms with Crippen LogP contribution in [0.15, 0.2) is 42.5 Å². The maximum absolute atomic E-state index is 13.3. The van der Waals surface area contributed by atoms with Gasteiger partial charge in [0, 0.05) is 10.7 Å². The molecule has 0 spiro atoms. The highest BCUT2D eigenvalue weighted by Crippen LogP contribution is 2.24. The Bertz CT molecular complexity index is 617. The summed E-state index contributed by atoms with van der Waals surface area (Å²) in [5.74, 6) is 0.252. The molecular weight excluding hydrogens is 279 g/mol. The number of nitrogens with zero attached hydrogens (tertiary/aromatic N) is 1. The molecule has 2 aromatic rings. The molecule has 5 heteroatoms. The summed E-state index contributed by atoms with van der Waals surface area (Å²) in [5.41, 5.74) is 1.21. The zero-order valence-corrected chi connectivity index (χ0v) is 11.5. The summed E-state index contributed by atoms with van der Waals surface area (Å²) in [5, 5.41) is 12.5. The van der Waals surface area contributed by atoms with E-state index in [1.54, 1.807) is 37.4 Å². The molecule has 0 bridgehead atoms. The Hall–Kier alpha value is -2.25. The van der Waals surface area contributed by atoms with E-state index in [0.29, 0.717) is 5.56 Å². The van der Waals surface area contributed by atoms with E-state index in [9.17, 15) is 9.65 Å². The first-order chi connectivity index (χ1) is 9.62. The summed E-state index contributed by atoms with van der Waals surface area (Å²) < 4.78 is 18.4. The lowest BCUT2D eigenvalue weighted by molar-refractivity contribution is 0.415. The Morgan fingerprint density at radius 1 is 1.25 bits per heavy atom. The van der Waals surface area contributed by atoms with Gasteiger partial charge in [0.15, 0.2) is 0 Å².